The van der Waals surface area contributed by atoms with E-state index in [9.17, 15) is 14.4 Å². The quantitative estimate of drug-likeness (QED) is 0.547. The number of hydrogen-bond acceptors (Lipinski definition) is 6. The van der Waals surface area contributed by atoms with Gasteiger partial charge in [-0.3, -0.25) is 9.59 Å². The summed E-state index contributed by atoms with van der Waals surface area (Å²) in [6.07, 6.45) is 0.775. The first-order valence-corrected chi connectivity index (χ1v) is 9.84. The van der Waals surface area contributed by atoms with Gasteiger partial charge in [0, 0.05) is 12.1 Å². The Balaban J connectivity index is 2.05. The van der Waals surface area contributed by atoms with Gasteiger partial charge >= 0.3 is 17.8 Å². The molecule has 2 rings (SSSR count). The van der Waals surface area contributed by atoms with Crippen LogP contribution in [0.3, 0.4) is 0 Å². The highest BCUT2D eigenvalue weighted by Gasteiger charge is 2.30. The maximum Gasteiger partial charge on any atom is 0.328 e. The molecular weight excluding hydrogens is 376 g/mol. The largest absolute Gasteiger partial charge is 0.486 e. The van der Waals surface area contributed by atoms with Gasteiger partial charge in [0.1, 0.15) is 19.3 Å². The van der Waals surface area contributed by atoms with Crippen molar-refractivity contribution in [3.05, 3.63) is 23.8 Å². The minimum Gasteiger partial charge on any atom is -0.486 e. The molecule has 160 valence electrons. The molecule has 8 nitrogen and oxygen atoms in total. The zero-order valence-electron chi connectivity index (χ0n) is 17.7. The number of esters is 1. The second kappa shape index (κ2) is 10.1. The number of rotatable bonds is 7. The average molecular weight is 406 g/mol. The summed E-state index contributed by atoms with van der Waals surface area (Å²) in [5, 5.41) is 2.53. The van der Waals surface area contributed by atoms with Crippen molar-refractivity contribution in [3.63, 3.8) is 0 Å². The third kappa shape index (κ3) is 5.85. The van der Waals surface area contributed by atoms with Gasteiger partial charge in [0.25, 0.3) is 0 Å². The molecular formula is C21H30N2O6. The number of aryl methyl sites for hydroxylation is 1. The molecule has 0 spiro atoms. The monoisotopic (exact) mass is 406 g/mol. The summed E-state index contributed by atoms with van der Waals surface area (Å²) in [6, 6.07) is 4.36. The highest BCUT2D eigenvalue weighted by Crippen LogP contribution is 2.31. The average Bonchev–Trinajstić information content (AvgIpc) is 2.69. The van der Waals surface area contributed by atoms with Crippen molar-refractivity contribution >= 4 is 17.8 Å². The van der Waals surface area contributed by atoms with Crippen LogP contribution in [0.25, 0.3) is 0 Å². The van der Waals surface area contributed by atoms with Gasteiger partial charge in [-0.1, -0.05) is 6.07 Å². The van der Waals surface area contributed by atoms with Gasteiger partial charge in [0.05, 0.1) is 7.11 Å². The van der Waals surface area contributed by atoms with E-state index in [1.807, 2.05) is 45.9 Å². The second-order valence-corrected chi connectivity index (χ2v) is 7.47. The number of ether oxygens (including phenoxy) is 3. The fourth-order valence-corrected chi connectivity index (χ4v) is 3.35. The first kappa shape index (κ1) is 22.5. The molecule has 1 unspecified atom stereocenters. The van der Waals surface area contributed by atoms with Crippen LogP contribution in [0, 0.1) is 0 Å². The van der Waals surface area contributed by atoms with E-state index in [1.165, 1.54) is 12.0 Å². The molecule has 0 saturated carbocycles. The van der Waals surface area contributed by atoms with Gasteiger partial charge in [-0.25, -0.2) is 4.79 Å². The lowest BCUT2D eigenvalue weighted by atomic mass is 10.0. The number of nitrogens with one attached hydrogen (secondary N) is 1. The SMILES string of the molecule is COC(=O)C(CCc1ccc2c(c1)OCCO2)NC(=O)C(=O)N(C(C)C)C(C)C. The first-order chi connectivity index (χ1) is 13.7. The fourth-order valence-electron chi connectivity index (χ4n) is 3.35. The van der Waals surface area contributed by atoms with Gasteiger partial charge in [0.15, 0.2) is 11.5 Å². The molecule has 29 heavy (non-hydrogen) atoms. The molecule has 1 aromatic carbocycles. The molecule has 0 aliphatic carbocycles. The highest BCUT2D eigenvalue weighted by molar-refractivity contribution is 6.35. The maximum atomic E-state index is 12.5. The summed E-state index contributed by atoms with van der Waals surface area (Å²) in [7, 11) is 1.25. The molecule has 1 atom stereocenters. The number of hydrogen-bond donors (Lipinski definition) is 1. The lowest BCUT2D eigenvalue weighted by molar-refractivity contribution is -0.151. The lowest BCUT2D eigenvalue weighted by Crippen LogP contribution is -2.53. The fraction of sp³-hybridized carbons (Fsp3) is 0.571. The third-order valence-corrected chi connectivity index (χ3v) is 4.66. The van der Waals surface area contributed by atoms with E-state index in [4.69, 9.17) is 14.2 Å². The summed E-state index contributed by atoms with van der Waals surface area (Å²) in [6.45, 7) is 8.35. The number of carbonyl (C=O) groups is 3. The Kier molecular flexibility index (Phi) is 7.87. The lowest BCUT2D eigenvalue weighted by Gasteiger charge is -2.30. The van der Waals surface area contributed by atoms with Gasteiger partial charge in [0.2, 0.25) is 0 Å². The van der Waals surface area contributed by atoms with Crippen LogP contribution in [-0.4, -0.2) is 61.1 Å². The van der Waals surface area contributed by atoms with Gasteiger partial charge < -0.3 is 24.4 Å². The third-order valence-electron chi connectivity index (χ3n) is 4.66. The Morgan fingerprint density at radius 3 is 2.28 bits per heavy atom. The van der Waals surface area contributed by atoms with Gasteiger partial charge in [-0.05, 0) is 58.2 Å². The molecule has 1 aromatic rings. The molecule has 1 N–H and O–H groups in total. The number of carbonyl (C=O) groups excluding carboxylic acids is 3. The Morgan fingerprint density at radius 1 is 1.07 bits per heavy atom. The van der Waals surface area contributed by atoms with Crippen LogP contribution in [-0.2, 0) is 25.5 Å². The van der Waals surface area contributed by atoms with Crippen LogP contribution < -0.4 is 14.8 Å². The Bertz CT molecular complexity index is 739. The molecule has 1 aliphatic heterocycles. The summed E-state index contributed by atoms with van der Waals surface area (Å²) >= 11 is 0. The standard InChI is InChI=1S/C21H30N2O6/c1-13(2)23(14(3)4)20(25)19(24)22-16(21(26)27-5)8-6-15-7-9-17-18(12-15)29-11-10-28-17/h7,9,12-14,16H,6,8,10-11H2,1-5H3,(H,22,24). The molecule has 0 aromatic heterocycles. The van der Waals surface area contributed by atoms with Crippen molar-refractivity contribution in [1.29, 1.82) is 0 Å². The number of fused-ring (bicyclic) bond motifs is 1. The molecule has 8 heteroatoms. The Labute approximate surface area is 171 Å². The van der Waals surface area contributed by atoms with Crippen LogP contribution in [0.5, 0.6) is 11.5 Å². The first-order valence-electron chi connectivity index (χ1n) is 9.84. The normalized spacial score (nSPS) is 13.8. The van der Waals surface area contributed by atoms with E-state index < -0.39 is 23.8 Å². The molecule has 0 saturated heterocycles. The summed E-state index contributed by atoms with van der Waals surface area (Å²) in [4.78, 5) is 38.7. The van der Waals surface area contributed by atoms with Crippen LogP contribution in [0.4, 0.5) is 0 Å². The van der Waals surface area contributed by atoms with Gasteiger partial charge in [-0.2, -0.15) is 0 Å². The summed E-state index contributed by atoms with van der Waals surface area (Å²) in [5.74, 6) is -0.726. The topological polar surface area (TPSA) is 94.2 Å². The molecule has 2 amide bonds. The van der Waals surface area contributed by atoms with E-state index in [0.717, 1.165) is 5.56 Å². The van der Waals surface area contributed by atoms with Crippen LogP contribution in [0.1, 0.15) is 39.7 Å². The van der Waals surface area contributed by atoms with E-state index >= 15 is 0 Å². The van der Waals surface area contributed by atoms with E-state index in [1.54, 1.807) is 0 Å². The zero-order chi connectivity index (χ0) is 21.6. The predicted octanol–water partition coefficient (Wildman–Crippen LogP) is 1.69. The van der Waals surface area contributed by atoms with Crippen LogP contribution >= 0.6 is 0 Å². The molecule has 0 fully saturated rings. The number of amides is 2. The number of methoxy groups -OCH3 is 1. The van der Waals surface area contributed by atoms with E-state index in [0.29, 0.717) is 31.1 Å². The Hall–Kier alpha value is -2.77. The Morgan fingerprint density at radius 2 is 1.69 bits per heavy atom. The van der Waals surface area contributed by atoms with Gasteiger partial charge in [-0.15, -0.1) is 0 Å². The minimum absolute atomic E-state index is 0.137. The van der Waals surface area contributed by atoms with Crippen molar-refractivity contribution in [3.8, 4) is 11.5 Å². The van der Waals surface area contributed by atoms with E-state index in [2.05, 4.69) is 5.32 Å². The van der Waals surface area contributed by atoms with Crippen molar-refractivity contribution in [2.75, 3.05) is 20.3 Å². The van der Waals surface area contributed by atoms with Crippen molar-refractivity contribution in [1.82, 2.24) is 10.2 Å². The van der Waals surface area contributed by atoms with Crippen molar-refractivity contribution in [2.24, 2.45) is 0 Å². The van der Waals surface area contributed by atoms with Crippen molar-refractivity contribution in [2.45, 2.75) is 58.7 Å². The molecule has 1 heterocycles. The van der Waals surface area contributed by atoms with Crippen molar-refractivity contribution < 1.29 is 28.6 Å². The zero-order valence-corrected chi connectivity index (χ0v) is 17.7. The summed E-state index contributed by atoms with van der Waals surface area (Å²) in [5.41, 5.74) is 0.926. The number of benzene rings is 1. The van der Waals surface area contributed by atoms with E-state index in [-0.39, 0.29) is 18.5 Å². The van der Waals surface area contributed by atoms with Crippen LogP contribution in [0.2, 0.25) is 0 Å². The van der Waals surface area contributed by atoms with Crippen LogP contribution in [0.15, 0.2) is 18.2 Å². The highest BCUT2D eigenvalue weighted by atomic mass is 16.6. The number of nitrogens with zero attached hydrogens (tertiary/aromatic N) is 1. The predicted molar refractivity (Wildman–Crippen MR) is 107 cm³/mol. The smallest absolute Gasteiger partial charge is 0.328 e. The maximum absolute atomic E-state index is 12.5. The summed E-state index contributed by atoms with van der Waals surface area (Å²) < 4.78 is 15.9. The molecule has 1 aliphatic rings. The second-order valence-electron chi connectivity index (χ2n) is 7.47. The molecule has 0 radical (unpaired) electrons. The molecule has 0 bridgehead atoms. The minimum atomic E-state index is -0.925.